The largest absolute Gasteiger partial charge is 0.478 e. The summed E-state index contributed by atoms with van der Waals surface area (Å²) in [6, 6.07) is 9.73. The molecule has 0 atom stereocenters. The zero-order valence-corrected chi connectivity index (χ0v) is 23.3. The molecule has 1 aliphatic carbocycles. The standard InChI is InChI=1S/C30H26F2N2O6Si/c1-41(2)24-10-18(33-12-17(31)13-33)4-7-21(24)26(23-9-16(27(35)36)3-6-20(23)28(37)38)22-8-5-19(11-25(22)41)34-14-30(32,15-34)29(39)40/h3-11,17H,12-15H2,1-2H3,(H2-,35,36,37,38,39,40)/p+1. The number of carboxylic acids is 3. The van der Waals surface area contributed by atoms with Gasteiger partial charge in [-0.25, -0.2) is 27.7 Å². The third-order valence-electron chi connectivity index (χ3n) is 8.49. The molecule has 0 spiro atoms. The van der Waals surface area contributed by atoms with Crippen LogP contribution < -0.4 is 10.1 Å². The summed E-state index contributed by atoms with van der Waals surface area (Å²) in [5.41, 5.74) is 1.43. The van der Waals surface area contributed by atoms with Gasteiger partial charge in [-0.05, 0) is 69.1 Å². The van der Waals surface area contributed by atoms with E-state index < -0.39 is 37.8 Å². The first kappa shape index (κ1) is 26.8. The van der Waals surface area contributed by atoms with Crippen LogP contribution in [0.1, 0.15) is 31.8 Å². The van der Waals surface area contributed by atoms with E-state index in [0.29, 0.717) is 11.3 Å². The summed E-state index contributed by atoms with van der Waals surface area (Å²) < 4.78 is 29.9. The molecule has 8 nitrogen and oxygen atoms in total. The maximum atomic E-state index is 14.6. The lowest BCUT2D eigenvalue weighted by Gasteiger charge is -2.41. The summed E-state index contributed by atoms with van der Waals surface area (Å²) >= 11 is 0. The summed E-state index contributed by atoms with van der Waals surface area (Å²) in [5.74, 6) is -3.89. The van der Waals surface area contributed by atoms with Crippen molar-refractivity contribution >= 4 is 48.1 Å². The molecule has 11 heteroatoms. The van der Waals surface area contributed by atoms with Crippen molar-refractivity contribution in [2.24, 2.45) is 0 Å². The molecule has 2 aromatic carbocycles. The van der Waals surface area contributed by atoms with Gasteiger partial charge in [0.2, 0.25) is 0 Å². The van der Waals surface area contributed by atoms with Crippen molar-refractivity contribution in [1.29, 1.82) is 0 Å². The Bertz CT molecular complexity index is 1690. The molecule has 2 aromatic rings. The van der Waals surface area contributed by atoms with Crippen molar-refractivity contribution in [3.63, 3.8) is 0 Å². The minimum Gasteiger partial charge on any atom is -0.478 e. The van der Waals surface area contributed by atoms with Crippen molar-refractivity contribution in [3.05, 3.63) is 87.6 Å². The van der Waals surface area contributed by atoms with E-state index in [9.17, 15) is 38.5 Å². The van der Waals surface area contributed by atoms with Crippen molar-refractivity contribution in [2.45, 2.75) is 24.9 Å². The first-order valence-corrected chi connectivity index (χ1v) is 16.1. The van der Waals surface area contributed by atoms with E-state index >= 15 is 0 Å². The van der Waals surface area contributed by atoms with Gasteiger partial charge in [-0.3, -0.25) is 0 Å². The molecule has 3 N–H and O–H groups in total. The highest BCUT2D eigenvalue weighted by Gasteiger charge is 2.57. The van der Waals surface area contributed by atoms with Crippen LogP contribution in [-0.4, -0.2) is 89.6 Å². The zero-order valence-electron chi connectivity index (χ0n) is 22.3. The van der Waals surface area contributed by atoms with Crippen LogP contribution >= 0.6 is 0 Å². The monoisotopic (exact) mass is 577 g/mol. The Morgan fingerprint density at radius 1 is 0.976 bits per heavy atom. The van der Waals surface area contributed by atoms with E-state index in [4.69, 9.17) is 0 Å². The number of benzene rings is 2. The fraction of sp³-hybridized carbons (Fsp3) is 0.267. The average Bonchev–Trinajstić information content (AvgIpc) is 2.89. The molecular formula is C30H27F2N2O6Si+. The number of aliphatic carboxylic acids is 1. The molecule has 6 rings (SSSR count). The lowest BCUT2D eigenvalue weighted by atomic mass is 9.86. The normalized spacial score (nSPS) is 22.8. The summed E-state index contributed by atoms with van der Waals surface area (Å²) in [6.07, 6.45) is 4.60. The summed E-state index contributed by atoms with van der Waals surface area (Å²) in [6.45, 7) is 4.27. The zero-order chi connectivity index (χ0) is 29.4. The van der Waals surface area contributed by atoms with Crippen molar-refractivity contribution in [1.82, 2.24) is 0 Å². The number of carboxylic acid groups (broad SMARTS) is 3. The van der Waals surface area contributed by atoms with E-state index in [1.165, 1.54) is 18.2 Å². The van der Waals surface area contributed by atoms with Crippen LogP contribution in [-0.2, 0) is 4.79 Å². The molecule has 3 aliphatic heterocycles. The molecule has 2 saturated heterocycles. The van der Waals surface area contributed by atoms with Gasteiger partial charge in [0.25, 0.3) is 0 Å². The second kappa shape index (κ2) is 9.07. The van der Waals surface area contributed by atoms with E-state index in [-0.39, 0.29) is 42.9 Å². The Labute approximate surface area is 234 Å². The molecular weight excluding hydrogens is 550 g/mol. The second-order valence-corrected chi connectivity index (χ2v) is 15.8. The highest BCUT2D eigenvalue weighted by Crippen LogP contribution is 2.43. The van der Waals surface area contributed by atoms with E-state index in [0.717, 1.165) is 27.2 Å². The van der Waals surface area contributed by atoms with Crippen molar-refractivity contribution < 1.29 is 43.1 Å². The molecule has 0 saturated carbocycles. The number of hydrogen-bond donors (Lipinski definition) is 3. The van der Waals surface area contributed by atoms with Crippen LogP contribution in [0.3, 0.4) is 0 Å². The molecule has 0 amide bonds. The molecule has 0 unspecified atom stereocenters. The molecule has 210 valence electrons. The number of hydrogen-bond acceptors (Lipinski definition) is 4. The number of aromatic carboxylic acids is 2. The Hall–Kier alpha value is -4.38. The smallest absolute Gasteiger partial charge is 0.355 e. The Balaban J connectivity index is 1.60. The van der Waals surface area contributed by atoms with E-state index in [1.807, 2.05) is 35.3 Å². The first-order valence-electron chi connectivity index (χ1n) is 13.1. The van der Waals surface area contributed by atoms with Gasteiger partial charge < -0.3 is 20.2 Å². The highest BCUT2D eigenvalue weighted by molar-refractivity contribution is 6.98. The number of fused-ring (bicyclic) bond motifs is 2. The summed E-state index contributed by atoms with van der Waals surface area (Å²) in [5, 5.41) is 30.9. The fourth-order valence-corrected chi connectivity index (χ4v) is 9.16. The molecule has 4 aliphatic rings. The minimum absolute atomic E-state index is 0.0501. The second-order valence-electron chi connectivity index (χ2n) is 11.5. The lowest BCUT2D eigenvalue weighted by Crippen LogP contribution is -2.60. The Morgan fingerprint density at radius 2 is 1.68 bits per heavy atom. The predicted octanol–water partition coefficient (Wildman–Crippen LogP) is 3.27. The minimum atomic E-state index is -2.53. The third-order valence-corrected chi connectivity index (χ3v) is 12.0. The van der Waals surface area contributed by atoms with Crippen LogP contribution in [0.5, 0.6) is 0 Å². The van der Waals surface area contributed by atoms with Crippen LogP contribution in [0.2, 0.25) is 13.1 Å². The lowest BCUT2D eigenvalue weighted by molar-refractivity contribution is -0.613. The molecule has 0 bridgehead atoms. The number of carbonyl (C=O) groups is 3. The molecule has 3 heterocycles. The molecule has 2 fully saturated rings. The maximum Gasteiger partial charge on any atom is 0.355 e. The van der Waals surface area contributed by atoms with Crippen molar-refractivity contribution in [2.75, 3.05) is 31.1 Å². The van der Waals surface area contributed by atoms with Gasteiger partial charge in [0, 0.05) is 17.8 Å². The van der Waals surface area contributed by atoms with E-state index in [2.05, 4.69) is 13.1 Å². The highest BCUT2D eigenvalue weighted by atomic mass is 28.3. The number of allylic oxidation sites excluding steroid dienone is 5. The average molecular weight is 578 g/mol. The Morgan fingerprint density at radius 3 is 2.29 bits per heavy atom. The topological polar surface area (TPSA) is 118 Å². The maximum absolute atomic E-state index is 14.6. The first-order chi connectivity index (χ1) is 19.3. The number of anilines is 1. The third kappa shape index (κ3) is 4.14. The van der Waals surface area contributed by atoms with Crippen LogP contribution in [0.15, 0.2) is 65.4 Å². The SMILES string of the molecule is C[Si]1(C)C2=CC(=[N+]3CC(F)(C(=O)O)C3)C=CC2=C(c2cc(C(=O)O)ccc2C(=O)O)c2ccc(N3CC(F)C3)cc21. The number of rotatable bonds is 5. The van der Waals surface area contributed by atoms with Gasteiger partial charge in [0.15, 0.2) is 18.8 Å². The van der Waals surface area contributed by atoms with Crippen molar-refractivity contribution in [3.8, 4) is 0 Å². The van der Waals surface area contributed by atoms with Gasteiger partial charge >= 0.3 is 23.6 Å². The summed E-state index contributed by atoms with van der Waals surface area (Å²) in [7, 11) is -2.53. The van der Waals surface area contributed by atoms with Crippen LogP contribution in [0.4, 0.5) is 14.5 Å². The number of halogens is 2. The van der Waals surface area contributed by atoms with Gasteiger partial charge in [-0.15, -0.1) is 0 Å². The Kier molecular flexibility index (Phi) is 5.93. The van der Waals surface area contributed by atoms with Crippen LogP contribution in [0, 0.1) is 0 Å². The van der Waals surface area contributed by atoms with Crippen LogP contribution in [0.25, 0.3) is 5.57 Å². The summed E-state index contributed by atoms with van der Waals surface area (Å²) in [4.78, 5) is 37.5. The molecule has 0 aromatic heterocycles. The van der Waals surface area contributed by atoms with Gasteiger partial charge in [-0.2, -0.15) is 0 Å². The van der Waals surface area contributed by atoms with Gasteiger partial charge in [-0.1, -0.05) is 19.2 Å². The van der Waals surface area contributed by atoms with Gasteiger partial charge in [0.1, 0.15) is 14.2 Å². The van der Waals surface area contributed by atoms with E-state index in [1.54, 1.807) is 10.7 Å². The molecule has 0 radical (unpaired) electrons. The predicted molar refractivity (Wildman–Crippen MR) is 151 cm³/mol. The fourth-order valence-electron chi connectivity index (χ4n) is 6.09. The number of nitrogens with zero attached hydrogens (tertiary/aromatic N) is 2. The van der Waals surface area contributed by atoms with Gasteiger partial charge in [0.05, 0.1) is 24.2 Å². The quantitative estimate of drug-likeness (QED) is 0.369. The number of alkyl halides is 2. The molecule has 41 heavy (non-hydrogen) atoms.